The molecule has 168 valence electrons. The summed E-state index contributed by atoms with van der Waals surface area (Å²) < 4.78 is 1.86. The number of nitrogens with zero attached hydrogens (tertiary/aromatic N) is 2. The number of pyridine rings is 1. The number of carbonyl (C=O) groups excluding carboxylic acids is 2. The minimum absolute atomic E-state index is 0.137. The van der Waals surface area contributed by atoms with Crippen molar-refractivity contribution in [3.05, 3.63) is 64.9 Å². The van der Waals surface area contributed by atoms with Crippen LogP contribution < -0.4 is 16.0 Å². The largest absolute Gasteiger partial charge is 0.350 e. The molecule has 3 aromatic rings. The van der Waals surface area contributed by atoms with E-state index >= 15 is 0 Å². The van der Waals surface area contributed by atoms with Crippen molar-refractivity contribution in [2.75, 3.05) is 6.54 Å². The molecule has 3 heterocycles. The molecule has 0 bridgehead atoms. The van der Waals surface area contributed by atoms with Gasteiger partial charge in [0.25, 0.3) is 0 Å². The summed E-state index contributed by atoms with van der Waals surface area (Å²) in [5.41, 5.74) is 2.91. The van der Waals surface area contributed by atoms with Gasteiger partial charge in [-0.05, 0) is 49.4 Å². The zero-order valence-electron chi connectivity index (χ0n) is 18.3. The Morgan fingerprint density at radius 3 is 2.84 bits per heavy atom. The zero-order valence-corrected chi connectivity index (χ0v) is 19.0. The topological polar surface area (TPSA) is 88.1 Å². The smallest absolute Gasteiger partial charge is 0.242 e. The van der Waals surface area contributed by atoms with Gasteiger partial charge in [-0.25, -0.2) is 4.98 Å². The molecule has 0 aliphatic carbocycles. The number of hydrogen-bond donors (Lipinski definition) is 3. The quantitative estimate of drug-likeness (QED) is 0.513. The summed E-state index contributed by atoms with van der Waals surface area (Å²) in [6.07, 6.45) is 5.23. The van der Waals surface area contributed by atoms with Crippen LogP contribution in [0, 0.1) is 5.92 Å². The second-order valence-corrected chi connectivity index (χ2v) is 8.91. The van der Waals surface area contributed by atoms with Gasteiger partial charge in [0, 0.05) is 31.4 Å². The molecular weight excluding hydrogens is 426 g/mol. The van der Waals surface area contributed by atoms with Crippen molar-refractivity contribution in [3.63, 3.8) is 0 Å². The standard InChI is InChI=1S/C24H28ClN5O2/c1-15(23(31)28-13-18-9-19-20(25)14-30(2)22(19)27-12-18)29-24(32)21-10-17(11-26-21)8-16-6-4-3-5-7-16/h3-7,9,12,14-15,17,21,26H,8,10-11,13H2,1-2H3,(H,28,31)(H,29,32)/t15-,17?,21+/m0/s1. The lowest BCUT2D eigenvalue weighted by Gasteiger charge is -2.17. The Balaban J connectivity index is 1.25. The molecule has 0 spiro atoms. The molecule has 1 fully saturated rings. The number of amides is 2. The molecule has 32 heavy (non-hydrogen) atoms. The van der Waals surface area contributed by atoms with Gasteiger partial charge in [-0.3, -0.25) is 9.59 Å². The molecule has 3 atom stereocenters. The van der Waals surface area contributed by atoms with Gasteiger partial charge in [-0.15, -0.1) is 0 Å². The van der Waals surface area contributed by atoms with Crippen LogP contribution in [0.25, 0.3) is 11.0 Å². The van der Waals surface area contributed by atoms with Crippen LogP contribution in [0.2, 0.25) is 5.02 Å². The summed E-state index contributed by atoms with van der Waals surface area (Å²) in [5, 5.41) is 10.5. The van der Waals surface area contributed by atoms with Gasteiger partial charge in [0.2, 0.25) is 11.8 Å². The van der Waals surface area contributed by atoms with E-state index in [1.807, 2.05) is 35.9 Å². The Bertz CT molecular complexity index is 1110. The highest BCUT2D eigenvalue weighted by Crippen LogP contribution is 2.24. The highest BCUT2D eigenvalue weighted by molar-refractivity contribution is 6.35. The van der Waals surface area contributed by atoms with Gasteiger partial charge >= 0.3 is 0 Å². The van der Waals surface area contributed by atoms with E-state index in [1.54, 1.807) is 19.3 Å². The lowest BCUT2D eigenvalue weighted by atomic mass is 9.96. The third-order valence-electron chi connectivity index (χ3n) is 5.95. The van der Waals surface area contributed by atoms with Crippen LogP contribution in [-0.2, 0) is 29.6 Å². The Labute approximate surface area is 192 Å². The molecule has 1 aliphatic heterocycles. The predicted molar refractivity (Wildman–Crippen MR) is 125 cm³/mol. The highest BCUT2D eigenvalue weighted by atomic mass is 35.5. The van der Waals surface area contributed by atoms with E-state index in [2.05, 4.69) is 33.1 Å². The van der Waals surface area contributed by atoms with Crippen LogP contribution >= 0.6 is 11.6 Å². The Hall–Kier alpha value is -2.90. The minimum atomic E-state index is -0.630. The number of rotatable bonds is 7. The van der Waals surface area contributed by atoms with E-state index in [9.17, 15) is 9.59 Å². The van der Waals surface area contributed by atoms with Crippen LogP contribution in [0.3, 0.4) is 0 Å². The first-order chi connectivity index (χ1) is 15.4. The van der Waals surface area contributed by atoms with E-state index in [0.29, 0.717) is 17.5 Å². The second kappa shape index (κ2) is 9.71. The van der Waals surface area contributed by atoms with Crippen LogP contribution in [0.15, 0.2) is 48.8 Å². The van der Waals surface area contributed by atoms with E-state index in [1.165, 1.54) is 5.56 Å². The molecule has 2 aromatic heterocycles. The fraction of sp³-hybridized carbons (Fsp3) is 0.375. The average molecular weight is 454 g/mol. The molecule has 7 nitrogen and oxygen atoms in total. The molecule has 3 N–H and O–H groups in total. The number of halogens is 1. The van der Waals surface area contributed by atoms with Crippen molar-refractivity contribution >= 4 is 34.4 Å². The normalized spacial score (nSPS) is 19.1. The summed E-state index contributed by atoms with van der Waals surface area (Å²) in [7, 11) is 1.89. The van der Waals surface area contributed by atoms with Gasteiger partial charge in [0.05, 0.1) is 11.1 Å². The molecule has 1 unspecified atom stereocenters. The van der Waals surface area contributed by atoms with E-state index in [-0.39, 0.29) is 17.9 Å². The van der Waals surface area contributed by atoms with Crippen LogP contribution in [0.4, 0.5) is 0 Å². The number of aromatic nitrogens is 2. The number of aryl methyl sites for hydroxylation is 1. The lowest BCUT2D eigenvalue weighted by molar-refractivity contribution is -0.129. The lowest BCUT2D eigenvalue weighted by Crippen LogP contribution is -2.49. The number of nitrogens with one attached hydrogen (secondary N) is 3. The first-order valence-corrected chi connectivity index (χ1v) is 11.2. The third kappa shape index (κ3) is 5.11. The Morgan fingerprint density at radius 2 is 2.06 bits per heavy atom. The summed E-state index contributed by atoms with van der Waals surface area (Å²) in [6.45, 7) is 2.80. The fourth-order valence-corrected chi connectivity index (χ4v) is 4.47. The SMILES string of the molecule is C[C@H](NC(=O)[C@H]1CC(Cc2ccccc2)CN1)C(=O)NCc1cnc2c(c1)c(Cl)cn2C. The second-order valence-electron chi connectivity index (χ2n) is 8.50. The van der Waals surface area contributed by atoms with Gasteiger partial charge < -0.3 is 20.5 Å². The summed E-state index contributed by atoms with van der Waals surface area (Å²) >= 11 is 6.24. The van der Waals surface area contributed by atoms with Crippen molar-refractivity contribution < 1.29 is 9.59 Å². The molecule has 0 saturated carbocycles. The van der Waals surface area contributed by atoms with Crippen LogP contribution in [0.1, 0.15) is 24.5 Å². The number of hydrogen-bond acceptors (Lipinski definition) is 4. The van der Waals surface area contributed by atoms with Gasteiger partial charge in [0.1, 0.15) is 11.7 Å². The first kappa shape index (κ1) is 22.3. The number of carbonyl (C=O) groups is 2. The monoisotopic (exact) mass is 453 g/mol. The van der Waals surface area contributed by atoms with Crippen molar-refractivity contribution in [1.82, 2.24) is 25.5 Å². The van der Waals surface area contributed by atoms with Crippen molar-refractivity contribution in [1.29, 1.82) is 0 Å². The van der Waals surface area contributed by atoms with E-state index in [4.69, 9.17) is 11.6 Å². The van der Waals surface area contributed by atoms with Gasteiger partial charge in [-0.2, -0.15) is 0 Å². The van der Waals surface area contributed by atoms with Gasteiger partial charge in [-0.1, -0.05) is 41.9 Å². The molecular formula is C24H28ClN5O2. The molecule has 0 radical (unpaired) electrons. The van der Waals surface area contributed by atoms with Crippen molar-refractivity contribution in [2.24, 2.45) is 13.0 Å². The van der Waals surface area contributed by atoms with Crippen molar-refractivity contribution in [2.45, 2.75) is 38.4 Å². The molecule has 1 aromatic carbocycles. The highest BCUT2D eigenvalue weighted by Gasteiger charge is 2.30. The Kier molecular flexibility index (Phi) is 6.77. The van der Waals surface area contributed by atoms with Crippen molar-refractivity contribution in [3.8, 4) is 0 Å². The molecule has 1 aliphatic rings. The van der Waals surface area contributed by atoms with Gasteiger partial charge in [0.15, 0.2) is 0 Å². The maximum absolute atomic E-state index is 12.6. The minimum Gasteiger partial charge on any atom is -0.350 e. The molecule has 4 rings (SSSR count). The number of fused-ring (bicyclic) bond motifs is 1. The number of benzene rings is 1. The van der Waals surface area contributed by atoms with E-state index in [0.717, 1.165) is 36.0 Å². The van der Waals surface area contributed by atoms with E-state index < -0.39 is 6.04 Å². The summed E-state index contributed by atoms with van der Waals surface area (Å²) in [6, 6.07) is 11.3. The molecule has 2 amide bonds. The van der Waals surface area contributed by atoms with Crippen LogP contribution in [-0.4, -0.2) is 40.0 Å². The maximum atomic E-state index is 12.6. The third-order valence-corrected chi connectivity index (χ3v) is 6.25. The maximum Gasteiger partial charge on any atom is 0.242 e. The zero-order chi connectivity index (χ0) is 22.7. The van der Waals surface area contributed by atoms with Crippen LogP contribution in [0.5, 0.6) is 0 Å². The summed E-state index contributed by atoms with van der Waals surface area (Å²) in [4.78, 5) is 29.6. The average Bonchev–Trinajstić information content (AvgIpc) is 3.37. The Morgan fingerprint density at radius 1 is 1.28 bits per heavy atom. The molecule has 1 saturated heterocycles. The fourth-order valence-electron chi connectivity index (χ4n) is 4.19. The first-order valence-electron chi connectivity index (χ1n) is 10.9. The molecule has 8 heteroatoms. The predicted octanol–water partition coefficient (Wildman–Crippen LogP) is 2.57. The summed E-state index contributed by atoms with van der Waals surface area (Å²) in [5.74, 6) is 0.0308.